The van der Waals surface area contributed by atoms with Crippen molar-refractivity contribution in [3.8, 4) is 0 Å². The fourth-order valence-electron chi connectivity index (χ4n) is 2.79. The second-order valence-corrected chi connectivity index (χ2v) is 6.27. The van der Waals surface area contributed by atoms with Gasteiger partial charge in [-0.1, -0.05) is 12.1 Å². The molecule has 0 aliphatic carbocycles. The number of benzene rings is 1. The standard InChI is InChI=1S/C21H23NO8/c1-5-28-21(26)18-17(12(2)23)13(3)30-19(18)22-16(24)11-29-20(25)15-8-6-7-14(9-15)10-27-4/h6-9H,5,10-11H2,1-4H3,(H,22,24). The summed E-state index contributed by atoms with van der Waals surface area (Å²) in [5, 5.41) is 2.35. The van der Waals surface area contributed by atoms with E-state index >= 15 is 0 Å². The molecule has 0 aliphatic rings. The average molecular weight is 417 g/mol. The molecule has 0 aliphatic heterocycles. The Hall–Kier alpha value is -3.46. The van der Waals surface area contributed by atoms with Crippen molar-refractivity contribution in [2.75, 3.05) is 25.6 Å². The van der Waals surface area contributed by atoms with Gasteiger partial charge in [0.2, 0.25) is 5.88 Å². The van der Waals surface area contributed by atoms with Crippen molar-refractivity contribution in [1.29, 1.82) is 0 Å². The maximum absolute atomic E-state index is 12.2. The van der Waals surface area contributed by atoms with Gasteiger partial charge in [0.15, 0.2) is 12.4 Å². The quantitative estimate of drug-likeness (QED) is 0.488. The van der Waals surface area contributed by atoms with Gasteiger partial charge in [-0.3, -0.25) is 14.9 Å². The van der Waals surface area contributed by atoms with Gasteiger partial charge in [-0.25, -0.2) is 9.59 Å². The van der Waals surface area contributed by atoms with Crippen LogP contribution < -0.4 is 5.32 Å². The highest BCUT2D eigenvalue weighted by atomic mass is 16.5. The molecule has 1 N–H and O–H groups in total. The predicted octanol–water partition coefficient (Wildman–Crippen LogP) is 2.91. The molecule has 2 rings (SSSR count). The first-order chi connectivity index (χ1) is 14.3. The lowest BCUT2D eigenvalue weighted by Crippen LogP contribution is -2.22. The van der Waals surface area contributed by atoms with Crippen LogP contribution in [0.3, 0.4) is 0 Å². The molecule has 1 heterocycles. The molecule has 0 bridgehead atoms. The van der Waals surface area contributed by atoms with E-state index in [0.717, 1.165) is 5.56 Å². The maximum atomic E-state index is 12.2. The number of anilines is 1. The van der Waals surface area contributed by atoms with Gasteiger partial charge in [-0.15, -0.1) is 0 Å². The first-order valence-electron chi connectivity index (χ1n) is 9.14. The normalized spacial score (nSPS) is 10.4. The first kappa shape index (κ1) is 22.8. The van der Waals surface area contributed by atoms with Gasteiger partial charge in [-0.05, 0) is 38.5 Å². The lowest BCUT2D eigenvalue weighted by atomic mass is 10.1. The Morgan fingerprint density at radius 1 is 1.07 bits per heavy atom. The first-order valence-corrected chi connectivity index (χ1v) is 9.14. The van der Waals surface area contributed by atoms with Gasteiger partial charge < -0.3 is 18.6 Å². The fraction of sp³-hybridized carbons (Fsp3) is 0.333. The van der Waals surface area contributed by atoms with E-state index in [4.69, 9.17) is 18.6 Å². The van der Waals surface area contributed by atoms with Crippen molar-refractivity contribution in [2.24, 2.45) is 0 Å². The van der Waals surface area contributed by atoms with Crippen LogP contribution in [-0.4, -0.2) is 44.0 Å². The third kappa shape index (κ3) is 5.54. The van der Waals surface area contributed by atoms with Crippen molar-refractivity contribution < 1.29 is 37.8 Å². The highest BCUT2D eigenvalue weighted by Crippen LogP contribution is 2.28. The summed E-state index contributed by atoms with van der Waals surface area (Å²) in [6.07, 6.45) is 0. The third-order valence-electron chi connectivity index (χ3n) is 3.98. The molecule has 160 valence electrons. The number of ether oxygens (including phenoxy) is 3. The fourth-order valence-corrected chi connectivity index (χ4v) is 2.79. The van der Waals surface area contributed by atoms with Crippen molar-refractivity contribution >= 4 is 29.5 Å². The van der Waals surface area contributed by atoms with E-state index in [9.17, 15) is 19.2 Å². The SMILES string of the molecule is CCOC(=O)c1c(NC(=O)COC(=O)c2cccc(COC)c2)oc(C)c1C(C)=O. The number of aryl methyl sites for hydroxylation is 1. The summed E-state index contributed by atoms with van der Waals surface area (Å²) in [6.45, 7) is 4.15. The van der Waals surface area contributed by atoms with Crippen molar-refractivity contribution in [3.63, 3.8) is 0 Å². The Balaban J connectivity index is 2.10. The molecule has 0 spiro atoms. The summed E-state index contributed by atoms with van der Waals surface area (Å²) in [5.74, 6) is -2.74. The minimum Gasteiger partial charge on any atom is -0.462 e. The van der Waals surface area contributed by atoms with E-state index in [2.05, 4.69) is 5.32 Å². The lowest BCUT2D eigenvalue weighted by Gasteiger charge is -2.08. The molecule has 0 fully saturated rings. The van der Waals surface area contributed by atoms with E-state index < -0.39 is 30.2 Å². The molecule has 0 unspecified atom stereocenters. The van der Waals surface area contributed by atoms with Crippen molar-refractivity contribution in [1.82, 2.24) is 0 Å². The summed E-state index contributed by atoms with van der Waals surface area (Å²) in [7, 11) is 1.54. The smallest absolute Gasteiger partial charge is 0.344 e. The van der Waals surface area contributed by atoms with E-state index in [0.29, 0.717) is 6.61 Å². The van der Waals surface area contributed by atoms with Crippen molar-refractivity contribution in [3.05, 3.63) is 52.3 Å². The van der Waals surface area contributed by atoms with Crippen LogP contribution in [-0.2, 0) is 25.6 Å². The zero-order chi connectivity index (χ0) is 22.3. The van der Waals surface area contributed by atoms with Gasteiger partial charge in [-0.2, -0.15) is 0 Å². The van der Waals surface area contributed by atoms with Crippen LogP contribution in [0.4, 0.5) is 5.88 Å². The average Bonchev–Trinajstić information content (AvgIpc) is 3.02. The zero-order valence-corrected chi connectivity index (χ0v) is 17.2. The van der Waals surface area contributed by atoms with Crippen LogP contribution in [0.15, 0.2) is 28.7 Å². The van der Waals surface area contributed by atoms with Gasteiger partial charge >= 0.3 is 11.9 Å². The zero-order valence-electron chi connectivity index (χ0n) is 17.2. The maximum Gasteiger partial charge on any atom is 0.344 e. The Kier molecular flexibility index (Phi) is 7.88. The molecular formula is C21H23NO8. The number of nitrogens with one attached hydrogen (secondary N) is 1. The second kappa shape index (κ2) is 10.4. The number of methoxy groups -OCH3 is 1. The van der Waals surface area contributed by atoms with Crippen molar-refractivity contribution in [2.45, 2.75) is 27.4 Å². The molecular weight excluding hydrogens is 394 g/mol. The number of carbonyl (C=O) groups is 4. The molecule has 1 aromatic heterocycles. The number of hydrogen-bond donors (Lipinski definition) is 1. The molecule has 9 heteroatoms. The molecule has 2 aromatic rings. The van der Waals surface area contributed by atoms with E-state index in [1.165, 1.54) is 21.0 Å². The summed E-state index contributed by atoms with van der Waals surface area (Å²) < 4.78 is 20.3. The number of amides is 1. The monoisotopic (exact) mass is 417 g/mol. The van der Waals surface area contributed by atoms with E-state index in [1.807, 2.05) is 0 Å². The minimum absolute atomic E-state index is 0.0238. The molecule has 0 atom stereocenters. The highest BCUT2D eigenvalue weighted by molar-refractivity contribution is 6.10. The minimum atomic E-state index is -0.804. The highest BCUT2D eigenvalue weighted by Gasteiger charge is 2.28. The molecule has 0 saturated carbocycles. The lowest BCUT2D eigenvalue weighted by molar-refractivity contribution is -0.119. The van der Waals surface area contributed by atoms with Gasteiger partial charge in [0, 0.05) is 7.11 Å². The molecule has 1 amide bonds. The third-order valence-corrected chi connectivity index (χ3v) is 3.98. The number of hydrogen-bond acceptors (Lipinski definition) is 8. The Morgan fingerprint density at radius 3 is 2.43 bits per heavy atom. The summed E-state index contributed by atoms with van der Waals surface area (Å²) in [6, 6.07) is 6.60. The van der Waals surface area contributed by atoms with Crippen LogP contribution in [0.1, 0.15) is 56.2 Å². The van der Waals surface area contributed by atoms with Crippen LogP contribution in [0.25, 0.3) is 0 Å². The van der Waals surface area contributed by atoms with Crippen LogP contribution in [0.2, 0.25) is 0 Å². The molecule has 1 aromatic carbocycles. The number of furan rings is 1. The topological polar surface area (TPSA) is 121 Å². The molecule has 0 radical (unpaired) electrons. The van der Waals surface area contributed by atoms with E-state index in [-0.39, 0.29) is 34.9 Å². The Labute approximate surface area is 173 Å². The number of esters is 2. The molecule has 0 saturated heterocycles. The Morgan fingerprint density at radius 2 is 1.80 bits per heavy atom. The largest absolute Gasteiger partial charge is 0.462 e. The summed E-state index contributed by atoms with van der Waals surface area (Å²) >= 11 is 0. The number of rotatable bonds is 9. The number of carbonyl (C=O) groups excluding carboxylic acids is 4. The molecule has 30 heavy (non-hydrogen) atoms. The molecule has 9 nitrogen and oxygen atoms in total. The van der Waals surface area contributed by atoms with Gasteiger partial charge in [0.25, 0.3) is 5.91 Å². The van der Waals surface area contributed by atoms with Crippen LogP contribution >= 0.6 is 0 Å². The van der Waals surface area contributed by atoms with Crippen LogP contribution in [0.5, 0.6) is 0 Å². The Bertz CT molecular complexity index is 960. The second-order valence-electron chi connectivity index (χ2n) is 6.27. The summed E-state index contributed by atoms with van der Waals surface area (Å²) in [4.78, 5) is 48.5. The van der Waals surface area contributed by atoms with Gasteiger partial charge in [0.05, 0.1) is 24.3 Å². The van der Waals surface area contributed by atoms with Crippen LogP contribution in [0, 0.1) is 6.92 Å². The van der Waals surface area contributed by atoms with Gasteiger partial charge in [0.1, 0.15) is 11.3 Å². The number of ketones is 1. The van der Waals surface area contributed by atoms with E-state index in [1.54, 1.807) is 31.2 Å². The predicted molar refractivity (Wildman–Crippen MR) is 105 cm³/mol. The summed E-state index contributed by atoms with van der Waals surface area (Å²) in [5.41, 5.74) is 0.889. The number of Topliss-reactive ketones (excluding diaryl/α,β-unsaturated/α-hetero) is 1.